The lowest BCUT2D eigenvalue weighted by molar-refractivity contribution is -0.117. The third-order valence-electron chi connectivity index (χ3n) is 6.17. The fraction of sp³-hybridized carbons (Fsp3) is 0.207. The highest BCUT2D eigenvalue weighted by molar-refractivity contribution is 8.05. The minimum atomic E-state index is -0.492. The smallest absolute Gasteiger partial charge is 0.265 e. The van der Waals surface area contributed by atoms with E-state index in [1.54, 1.807) is 0 Å². The largest absolute Gasteiger partial charge is 0.345 e. The van der Waals surface area contributed by atoms with Crippen molar-refractivity contribution < 1.29 is 9.59 Å². The minimum absolute atomic E-state index is 0.0556. The van der Waals surface area contributed by atoms with Crippen LogP contribution in [0.2, 0.25) is 0 Å². The van der Waals surface area contributed by atoms with E-state index in [2.05, 4.69) is 11.4 Å². The number of carbonyl (C=O) groups is 2. The average Bonchev–Trinajstić information content (AvgIpc) is 3.17. The number of benzene rings is 3. The number of nitrogens with zero attached hydrogens (tertiary/aromatic N) is 2. The number of anilines is 1. The summed E-state index contributed by atoms with van der Waals surface area (Å²) in [5, 5.41) is 12.9. The maximum absolute atomic E-state index is 13.6. The van der Waals surface area contributed by atoms with Gasteiger partial charge in [-0.25, -0.2) is 0 Å². The number of hydrogen-bond acceptors (Lipinski definition) is 4. The number of aryl methyl sites for hydroxylation is 2. The summed E-state index contributed by atoms with van der Waals surface area (Å²) in [6.45, 7) is 5.86. The molecule has 2 amide bonds. The molecular weight excluding hydrogens is 454 g/mol. The Bertz CT molecular complexity index is 1310. The molecule has 2 unspecified atom stereocenters. The zero-order valence-electron chi connectivity index (χ0n) is 20.0. The first-order chi connectivity index (χ1) is 16.9. The molecule has 0 aliphatic carbocycles. The summed E-state index contributed by atoms with van der Waals surface area (Å²) in [6, 6.07) is 26.9. The van der Waals surface area contributed by atoms with Gasteiger partial charge in [-0.05, 0) is 61.6 Å². The zero-order chi connectivity index (χ0) is 24.9. The lowest BCUT2D eigenvalue weighted by Crippen LogP contribution is -2.33. The van der Waals surface area contributed by atoms with Crippen molar-refractivity contribution in [1.29, 1.82) is 5.26 Å². The quantitative estimate of drug-likeness (QED) is 0.367. The van der Waals surface area contributed by atoms with E-state index < -0.39 is 11.2 Å². The molecule has 0 radical (unpaired) electrons. The molecule has 4 rings (SSSR count). The second-order valence-electron chi connectivity index (χ2n) is 8.64. The van der Waals surface area contributed by atoms with Crippen LogP contribution >= 0.6 is 11.8 Å². The van der Waals surface area contributed by atoms with Gasteiger partial charge in [0.2, 0.25) is 5.91 Å². The molecule has 6 heteroatoms. The Morgan fingerprint density at radius 2 is 1.69 bits per heavy atom. The highest BCUT2D eigenvalue weighted by Crippen LogP contribution is 2.42. The molecule has 0 spiro atoms. The van der Waals surface area contributed by atoms with Gasteiger partial charge in [-0.15, -0.1) is 0 Å². The minimum Gasteiger partial charge on any atom is -0.345 e. The van der Waals surface area contributed by atoms with E-state index in [4.69, 9.17) is 0 Å². The third-order valence-corrected chi connectivity index (χ3v) is 7.43. The second-order valence-corrected chi connectivity index (χ2v) is 9.83. The molecule has 2 atom stereocenters. The summed E-state index contributed by atoms with van der Waals surface area (Å²) in [4.78, 5) is 28.4. The van der Waals surface area contributed by atoms with Crippen LogP contribution in [-0.2, 0) is 16.0 Å². The van der Waals surface area contributed by atoms with E-state index >= 15 is 0 Å². The molecule has 1 aliphatic rings. The predicted molar refractivity (Wildman–Crippen MR) is 141 cm³/mol. The third kappa shape index (κ3) is 5.31. The molecule has 1 aliphatic heterocycles. The lowest BCUT2D eigenvalue weighted by Gasteiger charge is -2.20. The first-order valence-electron chi connectivity index (χ1n) is 11.5. The van der Waals surface area contributed by atoms with Crippen molar-refractivity contribution >= 4 is 29.3 Å². The maximum Gasteiger partial charge on any atom is 0.265 e. The van der Waals surface area contributed by atoms with Gasteiger partial charge in [-0.3, -0.25) is 14.5 Å². The van der Waals surface area contributed by atoms with Gasteiger partial charge in [0.1, 0.15) is 16.7 Å². The Morgan fingerprint density at radius 1 is 1.03 bits per heavy atom. The lowest BCUT2D eigenvalue weighted by atomic mass is 10.1. The number of hydrogen-bond donors (Lipinski definition) is 1. The molecule has 0 saturated carbocycles. The summed E-state index contributed by atoms with van der Waals surface area (Å²) < 4.78 is 0. The standard InChI is InChI=1S/C29H27N3O2S/c1-19-14-15-24(16-20(19)2)32-28(34)26(17-22-10-6-4-7-11-22)35-29(32)25(18-30)27(33)31-21(3)23-12-8-5-9-13-23/h4-16,21,26H,17H2,1-3H3,(H,31,33)/b29-25-. The number of amides is 2. The summed E-state index contributed by atoms with van der Waals surface area (Å²) >= 11 is 1.28. The molecule has 1 N–H and O–H groups in total. The number of nitrogens with one attached hydrogen (secondary N) is 1. The van der Waals surface area contributed by atoms with Crippen LogP contribution in [0.15, 0.2) is 89.5 Å². The summed E-state index contributed by atoms with van der Waals surface area (Å²) in [6.07, 6.45) is 0.510. The fourth-order valence-corrected chi connectivity index (χ4v) is 5.32. The Balaban J connectivity index is 1.72. The van der Waals surface area contributed by atoms with Crippen molar-refractivity contribution in [1.82, 2.24) is 5.32 Å². The molecule has 0 aromatic heterocycles. The molecule has 5 nitrogen and oxygen atoms in total. The van der Waals surface area contributed by atoms with Crippen LogP contribution in [0, 0.1) is 25.2 Å². The van der Waals surface area contributed by atoms with Crippen LogP contribution in [0.4, 0.5) is 5.69 Å². The molecule has 3 aromatic rings. The molecule has 0 bridgehead atoms. The van der Waals surface area contributed by atoms with Gasteiger partial charge in [-0.2, -0.15) is 5.26 Å². The molecule has 1 saturated heterocycles. The van der Waals surface area contributed by atoms with E-state index in [9.17, 15) is 14.9 Å². The number of thioether (sulfide) groups is 1. The number of carbonyl (C=O) groups excluding carboxylic acids is 2. The van der Waals surface area contributed by atoms with Crippen LogP contribution in [0.5, 0.6) is 0 Å². The summed E-state index contributed by atoms with van der Waals surface area (Å²) in [5.41, 5.74) is 4.71. The van der Waals surface area contributed by atoms with Gasteiger partial charge in [0, 0.05) is 5.69 Å². The van der Waals surface area contributed by atoms with E-state index in [1.165, 1.54) is 16.7 Å². The highest BCUT2D eigenvalue weighted by atomic mass is 32.2. The topological polar surface area (TPSA) is 73.2 Å². The molecule has 176 valence electrons. The Morgan fingerprint density at radius 3 is 2.31 bits per heavy atom. The number of nitriles is 1. The first-order valence-corrected chi connectivity index (χ1v) is 12.4. The second kappa shape index (κ2) is 10.6. The Kier molecular flexibility index (Phi) is 7.38. The molecule has 1 fully saturated rings. The van der Waals surface area contributed by atoms with Crippen molar-refractivity contribution in [2.24, 2.45) is 0 Å². The van der Waals surface area contributed by atoms with E-state index in [-0.39, 0.29) is 17.5 Å². The van der Waals surface area contributed by atoms with Crippen LogP contribution < -0.4 is 10.2 Å². The molecule has 35 heavy (non-hydrogen) atoms. The first kappa shape index (κ1) is 24.3. The maximum atomic E-state index is 13.6. The normalized spacial score (nSPS) is 17.6. The SMILES string of the molecule is Cc1ccc(N2C(=O)C(Cc3ccccc3)S/C2=C(/C#N)C(=O)NC(C)c2ccccc2)cc1C. The van der Waals surface area contributed by atoms with Crippen LogP contribution in [0.3, 0.4) is 0 Å². The van der Waals surface area contributed by atoms with Gasteiger partial charge in [0.15, 0.2) is 0 Å². The summed E-state index contributed by atoms with van der Waals surface area (Å²) in [5.74, 6) is -0.623. The molecule has 1 heterocycles. The van der Waals surface area contributed by atoms with Crippen LogP contribution in [-0.4, -0.2) is 17.1 Å². The van der Waals surface area contributed by atoms with Gasteiger partial charge in [0.05, 0.1) is 11.3 Å². The monoisotopic (exact) mass is 481 g/mol. The van der Waals surface area contributed by atoms with Crippen molar-refractivity contribution in [3.8, 4) is 6.07 Å². The van der Waals surface area contributed by atoms with Gasteiger partial charge < -0.3 is 5.32 Å². The van der Waals surface area contributed by atoms with Crippen molar-refractivity contribution in [2.45, 2.75) is 38.5 Å². The van der Waals surface area contributed by atoms with Crippen molar-refractivity contribution in [3.63, 3.8) is 0 Å². The molecular formula is C29H27N3O2S. The Labute approximate surface area is 210 Å². The van der Waals surface area contributed by atoms with Gasteiger partial charge in [-0.1, -0.05) is 78.5 Å². The van der Waals surface area contributed by atoms with E-state index in [1.807, 2.05) is 99.6 Å². The zero-order valence-corrected chi connectivity index (χ0v) is 20.8. The number of rotatable bonds is 6. The predicted octanol–water partition coefficient (Wildman–Crippen LogP) is 5.61. The summed E-state index contributed by atoms with van der Waals surface area (Å²) in [7, 11) is 0. The van der Waals surface area contributed by atoms with Crippen LogP contribution in [0.25, 0.3) is 0 Å². The van der Waals surface area contributed by atoms with E-state index in [0.29, 0.717) is 17.1 Å². The van der Waals surface area contributed by atoms with Crippen LogP contribution in [0.1, 0.15) is 35.2 Å². The molecule has 3 aromatic carbocycles. The van der Waals surface area contributed by atoms with Gasteiger partial charge in [0.25, 0.3) is 5.91 Å². The highest BCUT2D eigenvalue weighted by Gasteiger charge is 2.41. The van der Waals surface area contributed by atoms with E-state index in [0.717, 1.165) is 22.3 Å². The van der Waals surface area contributed by atoms with Crippen molar-refractivity contribution in [3.05, 3.63) is 112 Å². The van der Waals surface area contributed by atoms with Crippen molar-refractivity contribution in [2.75, 3.05) is 4.90 Å². The van der Waals surface area contributed by atoms with Gasteiger partial charge >= 0.3 is 0 Å². The average molecular weight is 482 g/mol. The Hall–Kier alpha value is -3.82. The fourth-order valence-electron chi connectivity index (χ4n) is 4.01.